The molecule has 6 nitrogen and oxygen atoms in total. The van der Waals surface area contributed by atoms with E-state index in [1.807, 2.05) is 23.1 Å². The van der Waals surface area contributed by atoms with Gasteiger partial charge in [-0.15, -0.1) is 5.10 Å². The van der Waals surface area contributed by atoms with Crippen LogP contribution < -0.4 is 0 Å². The third-order valence-corrected chi connectivity index (χ3v) is 4.85. The van der Waals surface area contributed by atoms with Crippen molar-refractivity contribution >= 4 is 17.1 Å². The Kier molecular flexibility index (Phi) is 3.95. The molecule has 25 heavy (non-hydrogen) atoms. The van der Waals surface area contributed by atoms with Crippen LogP contribution in [0.4, 0.5) is 0 Å². The third kappa shape index (κ3) is 3.12. The van der Waals surface area contributed by atoms with Crippen molar-refractivity contribution in [1.29, 1.82) is 0 Å². The summed E-state index contributed by atoms with van der Waals surface area (Å²) in [5.41, 5.74) is 3.04. The molecule has 1 saturated carbocycles. The number of nitrogens with zero attached hydrogens (tertiary/aromatic N) is 5. The Morgan fingerprint density at radius 2 is 2.08 bits per heavy atom. The SMILES string of the molecule is C[C@@H](c1ccccc1)N(CC1CC1)C(=O)c1cnc2c(c1)nnn2C. The van der Waals surface area contributed by atoms with Gasteiger partial charge in [0.15, 0.2) is 5.65 Å². The van der Waals surface area contributed by atoms with Crippen molar-refractivity contribution in [2.45, 2.75) is 25.8 Å². The number of amides is 1. The Balaban J connectivity index is 1.66. The molecular weight excluding hydrogens is 314 g/mol. The van der Waals surface area contributed by atoms with E-state index in [1.165, 1.54) is 12.8 Å². The smallest absolute Gasteiger partial charge is 0.256 e. The van der Waals surface area contributed by atoms with Crippen LogP contribution in [0, 0.1) is 5.92 Å². The van der Waals surface area contributed by atoms with Crippen LogP contribution in [-0.4, -0.2) is 37.3 Å². The normalized spacial score (nSPS) is 15.3. The van der Waals surface area contributed by atoms with E-state index in [-0.39, 0.29) is 11.9 Å². The van der Waals surface area contributed by atoms with Crippen molar-refractivity contribution in [3.8, 4) is 0 Å². The van der Waals surface area contributed by atoms with Crippen molar-refractivity contribution in [3.63, 3.8) is 0 Å². The van der Waals surface area contributed by atoms with Gasteiger partial charge in [-0.3, -0.25) is 4.79 Å². The van der Waals surface area contributed by atoms with Crippen molar-refractivity contribution in [2.75, 3.05) is 6.54 Å². The summed E-state index contributed by atoms with van der Waals surface area (Å²) in [6.07, 6.45) is 4.03. The summed E-state index contributed by atoms with van der Waals surface area (Å²) >= 11 is 0. The van der Waals surface area contributed by atoms with Crippen LogP contribution in [0.25, 0.3) is 11.2 Å². The number of benzene rings is 1. The van der Waals surface area contributed by atoms with Gasteiger partial charge in [0.2, 0.25) is 0 Å². The van der Waals surface area contributed by atoms with Crippen LogP contribution in [0.5, 0.6) is 0 Å². The average Bonchev–Trinajstić information content (AvgIpc) is 3.41. The number of fused-ring (bicyclic) bond motifs is 1. The summed E-state index contributed by atoms with van der Waals surface area (Å²) in [5, 5.41) is 8.04. The molecule has 1 fully saturated rings. The van der Waals surface area contributed by atoms with E-state index in [0.717, 1.165) is 12.1 Å². The minimum Gasteiger partial charge on any atom is -0.332 e. The van der Waals surface area contributed by atoms with Crippen LogP contribution in [0.3, 0.4) is 0 Å². The number of carbonyl (C=O) groups excluding carboxylic acids is 1. The predicted molar refractivity (Wildman–Crippen MR) is 94.9 cm³/mol. The molecule has 0 unspecified atom stereocenters. The fourth-order valence-electron chi connectivity index (χ4n) is 3.12. The molecule has 0 N–H and O–H groups in total. The Morgan fingerprint density at radius 1 is 1.32 bits per heavy atom. The standard InChI is InChI=1S/C19H21N5O/c1-13(15-6-4-3-5-7-15)24(12-14-8-9-14)19(25)16-10-17-18(20-11-16)23(2)22-21-17/h3-7,10-11,13-14H,8-9,12H2,1-2H3/t13-/m0/s1. The van der Waals surface area contributed by atoms with Crippen molar-refractivity contribution in [2.24, 2.45) is 13.0 Å². The molecule has 6 heteroatoms. The van der Waals surface area contributed by atoms with Gasteiger partial charge in [0.1, 0.15) is 5.52 Å². The average molecular weight is 335 g/mol. The van der Waals surface area contributed by atoms with Crippen molar-refractivity contribution in [3.05, 3.63) is 53.7 Å². The van der Waals surface area contributed by atoms with Crippen LogP contribution in [0.15, 0.2) is 42.6 Å². The minimum absolute atomic E-state index is 0.00306. The molecule has 0 spiro atoms. The molecule has 0 bridgehead atoms. The molecular formula is C19H21N5O. The Morgan fingerprint density at radius 3 is 2.80 bits per heavy atom. The first kappa shape index (κ1) is 15.7. The molecule has 0 radical (unpaired) electrons. The van der Waals surface area contributed by atoms with Gasteiger partial charge in [-0.2, -0.15) is 0 Å². The number of carbonyl (C=O) groups is 1. The Hall–Kier alpha value is -2.76. The first-order valence-corrected chi connectivity index (χ1v) is 8.65. The first-order valence-electron chi connectivity index (χ1n) is 8.65. The number of hydrogen-bond donors (Lipinski definition) is 0. The lowest BCUT2D eigenvalue weighted by atomic mass is 10.1. The summed E-state index contributed by atoms with van der Waals surface area (Å²) in [7, 11) is 1.79. The molecule has 3 aromatic rings. The summed E-state index contributed by atoms with van der Waals surface area (Å²) in [5.74, 6) is 0.617. The maximum atomic E-state index is 13.2. The highest BCUT2D eigenvalue weighted by molar-refractivity contribution is 5.96. The molecule has 2 heterocycles. The molecule has 1 atom stereocenters. The molecule has 1 amide bonds. The second-order valence-electron chi connectivity index (χ2n) is 6.77. The van der Waals surface area contributed by atoms with Crippen molar-refractivity contribution in [1.82, 2.24) is 24.9 Å². The van der Waals surface area contributed by atoms with Gasteiger partial charge >= 0.3 is 0 Å². The van der Waals surface area contributed by atoms with Crippen LogP contribution in [0.1, 0.15) is 41.7 Å². The van der Waals surface area contributed by atoms with E-state index >= 15 is 0 Å². The number of rotatable bonds is 5. The number of hydrogen-bond acceptors (Lipinski definition) is 4. The molecule has 1 aliphatic carbocycles. The van der Waals surface area contributed by atoms with Gasteiger partial charge in [0.25, 0.3) is 5.91 Å². The summed E-state index contributed by atoms with van der Waals surface area (Å²) in [6.45, 7) is 2.87. The van der Waals surface area contributed by atoms with E-state index in [1.54, 1.807) is 24.0 Å². The maximum Gasteiger partial charge on any atom is 0.256 e. The van der Waals surface area contributed by atoms with Gasteiger partial charge in [-0.05, 0) is 37.3 Å². The zero-order valence-electron chi connectivity index (χ0n) is 14.5. The van der Waals surface area contributed by atoms with Crippen LogP contribution in [-0.2, 0) is 7.05 Å². The Bertz CT molecular complexity index is 901. The van der Waals surface area contributed by atoms with Gasteiger partial charge in [0.05, 0.1) is 11.6 Å². The fraction of sp³-hybridized carbons (Fsp3) is 0.368. The number of aryl methyl sites for hydroxylation is 1. The van der Waals surface area contributed by atoms with Gasteiger partial charge in [-0.1, -0.05) is 35.5 Å². The lowest BCUT2D eigenvalue weighted by Crippen LogP contribution is -2.35. The fourth-order valence-corrected chi connectivity index (χ4v) is 3.12. The Labute approximate surface area is 146 Å². The lowest BCUT2D eigenvalue weighted by molar-refractivity contribution is 0.0680. The van der Waals surface area contributed by atoms with E-state index in [4.69, 9.17) is 0 Å². The zero-order chi connectivity index (χ0) is 17.4. The predicted octanol–water partition coefficient (Wildman–Crippen LogP) is 2.98. The molecule has 0 aliphatic heterocycles. The highest BCUT2D eigenvalue weighted by Gasteiger charge is 2.31. The summed E-state index contributed by atoms with van der Waals surface area (Å²) in [4.78, 5) is 19.5. The quantitative estimate of drug-likeness (QED) is 0.719. The highest BCUT2D eigenvalue weighted by Crippen LogP contribution is 2.33. The van der Waals surface area contributed by atoms with Gasteiger partial charge < -0.3 is 4.90 Å². The molecule has 128 valence electrons. The first-order chi connectivity index (χ1) is 12.1. The lowest BCUT2D eigenvalue weighted by Gasteiger charge is -2.30. The van der Waals surface area contributed by atoms with E-state index in [9.17, 15) is 4.79 Å². The van der Waals surface area contributed by atoms with E-state index in [0.29, 0.717) is 22.6 Å². The summed E-state index contributed by atoms with van der Waals surface area (Å²) < 4.78 is 1.61. The maximum absolute atomic E-state index is 13.2. The highest BCUT2D eigenvalue weighted by atomic mass is 16.2. The largest absolute Gasteiger partial charge is 0.332 e. The van der Waals surface area contributed by atoms with E-state index < -0.39 is 0 Å². The third-order valence-electron chi connectivity index (χ3n) is 4.85. The van der Waals surface area contributed by atoms with Gasteiger partial charge in [0, 0.05) is 19.8 Å². The van der Waals surface area contributed by atoms with Crippen LogP contribution in [0.2, 0.25) is 0 Å². The second kappa shape index (κ2) is 6.27. The second-order valence-corrected chi connectivity index (χ2v) is 6.77. The molecule has 0 saturated heterocycles. The number of aromatic nitrogens is 4. The zero-order valence-corrected chi connectivity index (χ0v) is 14.5. The molecule has 1 aliphatic rings. The monoisotopic (exact) mass is 335 g/mol. The summed E-state index contributed by atoms with van der Waals surface area (Å²) in [6, 6.07) is 12.0. The van der Waals surface area contributed by atoms with E-state index in [2.05, 4.69) is 34.4 Å². The molecule has 4 rings (SSSR count). The van der Waals surface area contributed by atoms with Crippen LogP contribution >= 0.6 is 0 Å². The number of pyridine rings is 1. The topological polar surface area (TPSA) is 63.9 Å². The molecule has 2 aromatic heterocycles. The van der Waals surface area contributed by atoms with Crippen molar-refractivity contribution < 1.29 is 4.79 Å². The minimum atomic E-state index is 0.00306. The van der Waals surface area contributed by atoms with Gasteiger partial charge in [-0.25, -0.2) is 9.67 Å². The molecule has 1 aromatic carbocycles.